The second-order valence-corrected chi connectivity index (χ2v) is 7.62. The van der Waals surface area contributed by atoms with Crippen LogP contribution in [0.25, 0.3) is 0 Å². The van der Waals surface area contributed by atoms with Gasteiger partial charge >= 0.3 is 7.12 Å². The Kier molecular flexibility index (Phi) is 6.76. The van der Waals surface area contributed by atoms with Gasteiger partial charge in [0.25, 0.3) is 0 Å². The van der Waals surface area contributed by atoms with Crippen molar-refractivity contribution in [3.8, 4) is 0 Å². The lowest BCUT2D eigenvalue weighted by molar-refractivity contribution is -0.131. The molecular weight excluding hydrogens is 309 g/mol. The number of nitrogens with one attached hydrogen (secondary N) is 1. The first kappa shape index (κ1) is 20.8. The molecule has 1 saturated heterocycles. The van der Waals surface area contributed by atoms with Gasteiger partial charge in [0.1, 0.15) is 11.8 Å². The molecule has 0 bridgehead atoms. The van der Waals surface area contributed by atoms with E-state index in [0.29, 0.717) is 25.4 Å². The van der Waals surface area contributed by atoms with Crippen LogP contribution in [0, 0.1) is 0 Å². The van der Waals surface area contributed by atoms with Crippen molar-refractivity contribution in [3.63, 3.8) is 0 Å². The molecule has 6 nitrogen and oxygen atoms in total. The molecule has 0 saturated carbocycles. The van der Waals surface area contributed by atoms with Crippen LogP contribution in [-0.2, 0) is 23.7 Å². The quantitative estimate of drug-likeness (QED) is 0.396. The Morgan fingerprint density at radius 3 is 2.04 bits per heavy atom. The second-order valence-electron chi connectivity index (χ2n) is 7.62. The summed E-state index contributed by atoms with van der Waals surface area (Å²) in [7, 11) is -0.270. The summed E-state index contributed by atoms with van der Waals surface area (Å²) in [4.78, 5) is 34.3. The maximum Gasteiger partial charge on any atom is 0.457 e. The van der Waals surface area contributed by atoms with Crippen LogP contribution < -0.4 is 5.32 Å². The van der Waals surface area contributed by atoms with Gasteiger partial charge in [0, 0.05) is 13.3 Å². The minimum absolute atomic E-state index is 0.00158. The summed E-state index contributed by atoms with van der Waals surface area (Å²) in [5, 5.41) is 2.67. The van der Waals surface area contributed by atoms with Crippen LogP contribution in [0.5, 0.6) is 0 Å². The first-order valence-corrected chi connectivity index (χ1v) is 8.55. The van der Waals surface area contributed by atoms with Crippen molar-refractivity contribution >= 4 is 25.1 Å². The number of unbranched alkanes of at least 4 members (excludes halogenated alkanes) is 1. The van der Waals surface area contributed by atoms with Gasteiger partial charge in [-0.2, -0.15) is 0 Å². The van der Waals surface area contributed by atoms with Crippen LogP contribution in [0.3, 0.4) is 0 Å². The molecule has 0 aromatic heterocycles. The van der Waals surface area contributed by atoms with Gasteiger partial charge in [0.15, 0.2) is 5.78 Å². The van der Waals surface area contributed by atoms with Gasteiger partial charge in [0.05, 0.1) is 11.2 Å². The number of rotatable bonds is 9. The molecule has 1 aliphatic rings. The van der Waals surface area contributed by atoms with Crippen LogP contribution in [-0.4, -0.2) is 41.8 Å². The Labute approximate surface area is 145 Å². The fourth-order valence-electron chi connectivity index (χ4n) is 2.92. The summed E-state index contributed by atoms with van der Waals surface area (Å²) >= 11 is 0. The highest BCUT2D eigenvalue weighted by atomic mass is 16.7. The minimum Gasteiger partial charge on any atom is -0.403 e. The Bertz CT molecular complexity index is 475. The van der Waals surface area contributed by atoms with Crippen molar-refractivity contribution in [2.45, 2.75) is 90.3 Å². The van der Waals surface area contributed by atoms with Crippen LogP contribution in [0.1, 0.15) is 67.2 Å². The van der Waals surface area contributed by atoms with E-state index in [1.54, 1.807) is 0 Å². The number of carbonyl (C=O) groups excluding carboxylic acids is 3. The van der Waals surface area contributed by atoms with Crippen LogP contribution in [0.15, 0.2) is 0 Å². The average molecular weight is 339 g/mol. The van der Waals surface area contributed by atoms with Crippen molar-refractivity contribution in [1.29, 1.82) is 0 Å². The molecule has 136 valence electrons. The van der Waals surface area contributed by atoms with Gasteiger partial charge in [-0.25, -0.2) is 0 Å². The number of hydrogen-bond acceptors (Lipinski definition) is 5. The van der Waals surface area contributed by atoms with E-state index < -0.39 is 5.54 Å². The first-order valence-electron chi connectivity index (χ1n) is 8.55. The first-order chi connectivity index (χ1) is 11.0. The molecule has 0 aromatic carbocycles. The summed E-state index contributed by atoms with van der Waals surface area (Å²) in [6, 6.07) is 0. The van der Waals surface area contributed by atoms with E-state index in [-0.39, 0.29) is 36.4 Å². The van der Waals surface area contributed by atoms with E-state index in [9.17, 15) is 14.4 Å². The van der Waals surface area contributed by atoms with Crippen LogP contribution in [0.4, 0.5) is 0 Å². The van der Waals surface area contributed by atoms with E-state index in [0.717, 1.165) is 6.42 Å². The molecule has 7 heteroatoms. The lowest BCUT2D eigenvalue weighted by atomic mass is 9.79. The Morgan fingerprint density at radius 2 is 1.62 bits per heavy atom. The summed E-state index contributed by atoms with van der Waals surface area (Å²) < 4.78 is 11.9. The highest BCUT2D eigenvalue weighted by Crippen LogP contribution is 2.38. The third-order valence-corrected chi connectivity index (χ3v) is 5.12. The summed E-state index contributed by atoms with van der Waals surface area (Å²) in [5.74, 6) is -0.501. The largest absolute Gasteiger partial charge is 0.457 e. The minimum atomic E-state index is -1.09. The van der Waals surface area contributed by atoms with Gasteiger partial charge in [-0.1, -0.05) is 12.8 Å². The number of aldehydes is 1. The molecule has 1 rings (SSSR count). The van der Waals surface area contributed by atoms with Gasteiger partial charge in [-0.15, -0.1) is 0 Å². The van der Waals surface area contributed by atoms with Crippen molar-refractivity contribution in [2.24, 2.45) is 0 Å². The van der Waals surface area contributed by atoms with E-state index in [1.165, 1.54) is 13.8 Å². The van der Waals surface area contributed by atoms with E-state index >= 15 is 0 Å². The molecule has 1 aliphatic heterocycles. The topological polar surface area (TPSA) is 81.7 Å². The third kappa shape index (κ3) is 4.90. The Balaban J connectivity index is 2.56. The normalized spacial score (nSPS) is 21.2. The zero-order chi connectivity index (χ0) is 18.6. The summed E-state index contributed by atoms with van der Waals surface area (Å²) in [6.45, 7) is 10.8. The van der Waals surface area contributed by atoms with Crippen molar-refractivity contribution < 1.29 is 23.7 Å². The van der Waals surface area contributed by atoms with Crippen LogP contribution in [0.2, 0.25) is 6.32 Å². The number of Topliss-reactive ketones (excluding diaryl/α,β-unsaturated/α-hetero) is 1. The van der Waals surface area contributed by atoms with E-state index in [1.807, 2.05) is 27.7 Å². The number of hydrogen-bond donors (Lipinski definition) is 1. The standard InChI is InChI=1S/C17H30BNO5/c1-13(21)17(10-12-20,19-14(2)22)9-7-8-11-18-23-15(3,4)16(5,6)24-18/h12H,7-11H2,1-6H3,(H,19,22)/t17-/m1/s1. The fraction of sp³-hybridized carbons (Fsp3) is 0.824. The zero-order valence-corrected chi connectivity index (χ0v) is 15.7. The highest BCUT2D eigenvalue weighted by molar-refractivity contribution is 6.45. The molecule has 0 unspecified atom stereocenters. The predicted octanol–water partition coefficient (Wildman–Crippen LogP) is 2.30. The Morgan fingerprint density at radius 1 is 1.08 bits per heavy atom. The smallest absolute Gasteiger partial charge is 0.403 e. The predicted molar refractivity (Wildman–Crippen MR) is 92.6 cm³/mol. The SMILES string of the molecule is CC(=O)N[C@@](CC=O)(CCCCB1OC(C)(C)C(C)(C)O1)C(C)=O. The maximum absolute atomic E-state index is 12.0. The number of amides is 1. The third-order valence-electron chi connectivity index (χ3n) is 5.12. The van der Waals surface area contributed by atoms with Crippen molar-refractivity contribution in [1.82, 2.24) is 5.32 Å². The Hall–Kier alpha value is -1.21. The van der Waals surface area contributed by atoms with Gasteiger partial charge in [-0.3, -0.25) is 9.59 Å². The number of ketones is 1. The van der Waals surface area contributed by atoms with Gasteiger partial charge in [0.2, 0.25) is 5.91 Å². The zero-order valence-electron chi connectivity index (χ0n) is 15.7. The number of carbonyl (C=O) groups is 3. The summed E-state index contributed by atoms with van der Waals surface area (Å²) in [6.07, 6.45) is 3.30. The van der Waals surface area contributed by atoms with E-state index in [4.69, 9.17) is 9.31 Å². The van der Waals surface area contributed by atoms with E-state index in [2.05, 4.69) is 5.32 Å². The average Bonchev–Trinajstić information content (AvgIpc) is 2.62. The van der Waals surface area contributed by atoms with Crippen LogP contribution >= 0.6 is 0 Å². The lowest BCUT2D eigenvalue weighted by Gasteiger charge is -2.32. The molecule has 1 fully saturated rings. The highest BCUT2D eigenvalue weighted by Gasteiger charge is 2.50. The van der Waals surface area contributed by atoms with Crippen molar-refractivity contribution in [3.05, 3.63) is 0 Å². The molecule has 1 heterocycles. The molecular formula is C17H30BNO5. The fourth-order valence-corrected chi connectivity index (χ4v) is 2.92. The molecule has 1 atom stereocenters. The molecule has 0 spiro atoms. The molecule has 1 N–H and O–H groups in total. The summed E-state index contributed by atoms with van der Waals surface area (Å²) in [5.41, 5.74) is -1.80. The molecule has 1 amide bonds. The lowest BCUT2D eigenvalue weighted by Crippen LogP contribution is -2.53. The molecule has 0 radical (unpaired) electrons. The van der Waals surface area contributed by atoms with Gasteiger partial charge < -0.3 is 19.4 Å². The molecule has 24 heavy (non-hydrogen) atoms. The second kappa shape index (κ2) is 7.78. The molecule has 0 aliphatic carbocycles. The monoisotopic (exact) mass is 339 g/mol. The van der Waals surface area contributed by atoms with Gasteiger partial charge in [-0.05, 0) is 47.4 Å². The maximum atomic E-state index is 12.0. The molecule has 0 aromatic rings. The van der Waals surface area contributed by atoms with Crippen molar-refractivity contribution in [2.75, 3.05) is 0 Å².